The molecule has 0 aromatic rings. The largest absolute Gasteiger partial charge is 0.469 e. The van der Waals surface area contributed by atoms with Gasteiger partial charge < -0.3 is 4.74 Å². The molecule has 7 atom stereocenters. The summed E-state index contributed by atoms with van der Waals surface area (Å²) in [4.78, 5) is 24.1. The van der Waals surface area contributed by atoms with Crippen LogP contribution in [0.3, 0.4) is 0 Å². The van der Waals surface area contributed by atoms with Crippen molar-refractivity contribution in [1.29, 1.82) is 0 Å². The fraction of sp³-hybridized carbons (Fsp3) is 0.750. The van der Waals surface area contributed by atoms with Gasteiger partial charge in [0.25, 0.3) is 0 Å². The summed E-state index contributed by atoms with van der Waals surface area (Å²) in [6.45, 7) is 4.72. The van der Waals surface area contributed by atoms with E-state index in [2.05, 4.69) is 19.8 Å². The molecule has 0 heterocycles. The van der Waals surface area contributed by atoms with Gasteiger partial charge in [-0.25, -0.2) is 0 Å². The summed E-state index contributed by atoms with van der Waals surface area (Å²) in [5, 5.41) is 0. The van der Waals surface area contributed by atoms with E-state index in [9.17, 15) is 9.59 Å². The molecule has 0 N–H and O–H groups in total. The quantitative estimate of drug-likeness (QED) is 0.530. The first-order chi connectivity index (χ1) is 12.8. The van der Waals surface area contributed by atoms with Gasteiger partial charge in [0, 0.05) is 11.8 Å². The third-order valence-electron chi connectivity index (χ3n) is 8.96. The predicted molar refractivity (Wildman–Crippen MR) is 105 cm³/mol. The van der Waals surface area contributed by atoms with Crippen molar-refractivity contribution in [2.24, 2.45) is 40.4 Å². The van der Waals surface area contributed by atoms with Crippen molar-refractivity contribution in [1.82, 2.24) is 0 Å². The van der Waals surface area contributed by atoms with Crippen molar-refractivity contribution >= 4 is 11.8 Å². The molecule has 0 aliphatic heterocycles. The molecule has 3 nitrogen and oxygen atoms in total. The topological polar surface area (TPSA) is 43.4 Å². The van der Waals surface area contributed by atoms with Gasteiger partial charge in [-0.1, -0.05) is 25.3 Å². The molecule has 5 unspecified atom stereocenters. The Hall–Kier alpha value is -1.56. The van der Waals surface area contributed by atoms with E-state index in [1.54, 1.807) is 0 Å². The van der Waals surface area contributed by atoms with Gasteiger partial charge >= 0.3 is 5.97 Å². The third-order valence-corrected chi connectivity index (χ3v) is 8.96. The van der Waals surface area contributed by atoms with E-state index in [-0.39, 0.29) is 16.8 Å². The van der Waals surface area contributed by atoms with Crippen molar-refractivity contribution in [3.63, 3.8) is 0 Å². The lowest BCUT2D eigenvalue weighted by molar-refractivity contribution is -0.145. The summed E-state index contributed by atoms with van der Waals surface area (Å²) < 4.78 is 5.00. The van der Waals surface area contributed by atoms with Crippen LogP contribution < -0.4 is 0 Å². The zero-order valence-electron chi connectivity index (χ0n) is 16.9. The van der Waals surface area contributed by atoms with Gasteiger partial charge in [0.05, 0.1) is 13.5 Å². The van der Waals surface area contributed by atoms with Crippen LogP contribution in [0.25, 0.3) is 0 Å². The molecular formula is C24H32O3. The van der Waals surface area contributed by atoms with Crippen LogP contribution in [0.15, 0.2) is 11.6 Å². The van der Waals surface area contributed by atoms with E-state index in [1.807, 2.05) is 6.08 Å². The van der Waals surface area contributed by atoms with Gasteiger partial charge in [0.15, 0.2) is 5.78 Å². The Morgan fingerprint density at radius 2 is 2.11 bits per heavy atom. The van der Waals surface area contributed by atoms with Crippen LogP contribution in [0.1, 0.15) is 65.2 Å². The Labute approximate surface area is 163 Å². The number of allylic oxidation sites excluding steroid dienone is 1. The summed E-state index contributed by atoms with van der Waals surface area (Å²) in [6.07, 6.45) is 15.5. The molecule has 0 bridgehead atoms. The maximum atomic E-state index is 12.2. The second-order valence-corrected chi connectivity index (χ2v) is 9.83. The standard InChI is InChI=1S/C24H32O3/c1-5-24(14-21(26)27-4)11-9-20-22-15(2)12-16-13-17(25)6-7-18(16)19(22)8-10-23(20,24)3/h1,13,15,18-20,22H,6-12,14H2,2-4H3/t15?,18?,19?,20?,22?,23-,24-/m0/s1. The molecule has 4 aliphatic rings. The second kappa shape index (κ2) is 6.50. The molecule has 146 valence electrons. The lowest BCUT2D eigenvalue weighted by atomic mass is 9.46. The molecule has 3 heteroatoms. The van der Waals surface area contributed by atoms with Gasteiger partial charge in [-0.15, -0.1) is 6.42 Å². The highest BCUT2D eigenvalue weighted by atomic mass is 16.5. The lowest BCUT2D eigenvalue weighted by Crippen LogP contribution is -2.52. The van der Waals surface area contributed by atoms with Crippen LogP contribution in [0, 0.1) is 52.8 Å². The van der Waals surface area contributed by atoms with Gasteiger partial charge in [-0.05, 0) is 79.6 Å². The number of esters is 1. The first-order valence-corrected chi connectivity index (χ1v) is 10.6. The number of ether oxygens (including phenoxy) is 1. The van der Waals surface area contributed by atoms with E-state index in [0.29, 0.717) is 48.2 Å². The number of methoxy groups -OCH3 is 1. The summed E-state index contributed by atoms with van der Waals surface area (Å²) >= 11 is 0. The molecule has 0 radical (unpaired) electrons. The summed E-state index contributed by atoms with van der Waals surface area (Å²) in [7, 11) is 1.46. The second-order valence-electron chi connectivity index (χ2n) is 9.83. The van der Waals surface area contributed by atoms with Crippen molar-refractivity contribution < 1.29 is 14.3 Å². The fourth-order valence-electron chi connectivity index (χ4n) is 7.62. The maximum Gasteiger partial charge on any atom is 0.307 e. The molecule has 0 saturated heterocycles. The van der Waals surface area contributed by atoms with Crippen molar-refractivity contribution in [2.75, 3.05) is 7.11 Å². The normalized spacial score (nSPS) is 45.8. The van der Waals surface area contributed by atoms with E-state index in [1.165, 1.54) is 19.1 Å². The molecule has 4 aliphatic carbocycles. The number of hydrogen-bond donors (Lipinski definition) is 0. The van der Waals surface area contributed by atoms with Crippen LogP contribution in [-0.4, -0.2) is 18.9 Å². The smallest absolute Gasteiger partial charge is 0.307 e. The Bertz CT molecular complexity index is 728. The van der Waals surface area contributed by atoms with Gasteiger partial charge in [0.1, 0.15) is 0 Å². The molecule has 0 aromatic heterocycles. The minimum Gasteiger partial charge on any atom is -0.469 e. The van der Waals surface area contributed by atoms with Crippen molar-refractivity contribution in [3.05, 3.63) is 11.6 Å². The highest BCUT2D eigenvalue weighted by molar-refractivity contribution is 5.91. The monoisotopic (exact) mass is 368 g/mol. The highest BCUT2D eigenvalue weighted by Gasteiger charge is 2.63. The van der Waals surface area contributed by atoms with Crippen LogP contribution >= 0.6 is 0 Å². The predicted octanol–water partition coefficient (Wildman–Crippen LogP) is 4.56. The summed E-state index contributed by atoms with van der Waals surface area (Å²) in [5.41, 5.74) is 1.06. The van der Waals surface area contributed by atoms with Gasteiger partial charge in [-0.3, -0.25) is 9.59 Å². The van der Waals surface area contributed by atoms with Crippen LogP contribution in [0.5, 0.6) is 0 Å². The molecule has 0 spiro atoms. The molecule has 0 amide bonds. The first kappa shape index (κ1) is 18.8. The fourth-order valence-corrected chi connectivity index (χ4v) is 7.62. The zero-order valence-corrected chi connectivity index (χ0v) is 16.9. The Kier molecular flexibility index (Phi) is 4.53. The third kappa shape index (κ3) is 2.63. The average Bonchev–Trinajstić information content (AvgIpc) is 2.94. The molecule has 4 rings (SSSR count). The molecule has 3 fully saturated rings. The average molecular weight is 369 g/mol. The summed E-state index contributed by atoms with van der Waals surface area (Å²) in [6, 6.07) is 0. The number of ketones is 1. The van der Waals surface area contributed by atoms with Gasteiger partial charge in [0.2, 0.25) is 0 Å². The highest BCUT2D eigenvalue weighted by Crippen LogP contribution is 2.69. The number of hydrogen-bond acceptors (Lipinski definition) is 3. The molecule has 27 heavy (non-hydrogen) atoms. The van der Waals surface area contributed by atoms with E-state index < -0.39 is 0 Å². The Morgan fingerprint density at radius 1 is 1.33 bits per heavy atom. The molecule has 0 aromatic carbocycles. The first-order valence-electron chi connectivity index (χ1n) is 10.6. The van der Waals surface area contributed by atoms with Gasteiger partial charge in [-0.2, -0.15) is 0 Å². The molecular weight excluding hydrogens is 336 g/mol. The lowest BCUT2D eigenvalue weighted by Gasteiger charge is -2.57. The number of rotatable bonds is 2. The number of terminal acetylenes is 1. The summed E-state index contributed by atoms with van der Waals surface area (Å²) in [5.74, 6) is 6.33. The minimum atomic E-state index is -0.367. The van der Waals surface area contributed by atoms with Crippen LogP contribution in [-0.2, 0) is 14.3 Å². The Morgan fingerprint density at radius 3 is 2.81 bits per heavy atom. The zero-order chi connectivity index (χ0) is 19.4. The van der Waals surface area contributed by atoms with Crippen molar-refractivity contribution in [2.45, 2.75) is 65.2 Å². The van der Waals surface area contributed by atoms with Crippen LogP contribution in [0.2, 0.25) is 0 Å². The number of carbonyl (C=O) groups excluding carboxylic acids is 2. The Balaban J connectivity index is 1.67. The van der Waals surface area contributed by atoms with E-state index >= 15 is 0 Å². The van der Waals surface area contributed by atoms with Crippen molar-refractivity contribution in [3.8, 4) is 12.3 Å². The molecule has 3 saturated carbocycles. The van der Waals surface area contributed by atoms with E-state index in [4.69, 9.17) is 11.2 Å². The SMILES string of the molecule is C#C[C@@]1(CC(=O)OC)CCC2C3C(C)CC4=CC(=O)CCC4C3CC[C@@]21C. The van der Waals surface area contributed by atoms with Crippen LogP contribution in [0.4, 0.5) is 0 Å². The van der Waals surface area contributed by atoms with E-state index in [0.717, 1.165) is 32.1 Å². The number of fused-ring (bicyclic) bond motifs is 5. The maximum absolute atomic E-state index is 12.2. The minimum absolute atomic E-state index is 0.0110. The number of carbonyl (C=O) groups is 2.